The molecular formula is C7H8BrClO. The van der Waals surface area contributed by atoms with E-state index in [2.05, 4.69) is 15.9 Å². The molecule has 0 N–H and O–H groups in total. The quantitative estimate of drug-likeness (QED) is 0.577. The Kier molecular flexibility index (Phi) is 2.53. The second-order valence-electron chi connectivity index (χ2n) is 2.49. The SMILES string of the molecule is CC1C(=O)CC(Cl)=CC1Br. The van der Waals surface area contributed by atoms with Gasteiger partial charge in [-0.15, -0.1) is 0 Å². The van der Waals surface area contributed by atoms with Gasteiger partial charge in [0.15, 0.2) is 0 Å². The van der Waals surface area contributed by atoms with Crippen molar-refractivity contribution in [3.8, 4) is 0 Å². The molecule has 0 aromatic carbocycles. The molecular weight excluding hydrogens is 215 g/mol. The summed E-state index contributed by atoms with van der Waals surface area (Å²) >= 11 is 9.03. The van der Waals surface area contributed by atoms with Gasteiger partial charge in [0.1, 0.15) is 5.78 Å². The third-order valence-corrected chi connectivity index (χ3v) is 2.99. The molecule has 0 aromatic heterocycles. The topological polar surface area (TPSA) is 17.1 Å². The zero-order valence-corrected chi connectivity index (χ0v) is 7.95. The number of allylic oxidation sites excluding steroid dienone is 2. The van der Waals surface area contributed by atoms with E-state index in [0.29, 0.717) is 11.5 Å². The van der Waals surface area contributed by atoms with Crippen LogP contribution in [-0.2, 0) is 4.79 Å². The fraction of sp³-hybridized carbons (Fsp3) is 0.571. The van der Waals surface area contributed by atoms with Crippen molar-refractivity contribution in [3.05, 3.63) is 11.1 Å². The predicted octanol–water partition coefficient (Wildman–Crippen LogP) is 2.48. The Bertz CT molecular complexity index is 188. The van der Waals surface area contributed by atoms with Gasteiger partial charge in [0.25, 0.3) is 0 Å². The van der Waals surface area contributed by atoms with Gasteiger partial charge in [0.05, 0.1) is 0 Å². The van der Waals surface area contributed by atoms with Crippen molar-refractivity contribution < 1.29 is 4.79 Å². The molecule has 2 atom stereocenters. The minimum absolute atomic E-state index is 0.0718. The monoisotopic (exact) mass is 222 g/mol. The Labute approximate surface area is 73.6 Å². The van der Waals surface area contributed by atoms with E-state index in [9.17, 15) is 4.79 Å². The first-order valence-electron chi connectivity index (χ1n) is 3.14. The molecule has 0 spiro atoms. The predicted molar refractivity (Wildman–Crippen MR) is 45.4 cm³/mol. The summed E-state index contributed by atoms with van der Waals surface area (Å²) in [6.07, 6.45) is 2.29. The average molecular weight is 223 g/mol. The third kappa shape index (κ3) is 1.61. The normalized spacial score (nSPS) is 33.9. The van der Waals surface area contributed by atoms with E-state index in [1.54, 1.807) is 0 Å². The van der Waals surface area contributed by atoms with Gasteiger partial charge in [-0.2, -0.15) is 0 Å². The van der Waals surface area contributed by atoms with Crippen molar-refractivity contribution in [1.29, 1.82) is 0 Å². The Morgan fingerprint density at radius 3 is 2.90 bits per heavy atom. The molecule has 56 valence electrons. The maximum Gasteiger partial charge on any atom is 0.142 e. The smallest absolute Gasteiger partial charge is 0.142 e. The molecule has 0 radical (unpaired) electrons. The summed E-state index contributed by atoms with van der Waals surface area (Å²) in [5.41, 5.74) is 0. The van der Waals surface area contributed by atoms with Crippen molar-refractivity contribution in [2.24, 2.45) is 5.92 Å². The molecule has 0 saturated heterocycles. The van der Waals surface area contributed by atoms with Crippen molar-refractivity contribution in [1.82, 2.24) is 0 Å². The summed E-state index contributed by atoms with van der Waals surface area (Å²) in [6.45, 7) is 1.90. The van der Waals surface area contributed by atoms with Gasteiger partial charge in [-0.05, 0) is 0 Å². The summed E-state index contributed by atoms with van der Waals surface area (Å²) in [4.78, 5) is 11.2. The average Bonchev–Trinajstić information content (AvgIpc) is 1.82. The number of hydrogen-bond acceptors (Lipinski definition) is 1. The van der Waals surface area contributed by atoms with Crippen LogP contribution in [0.2, 0.25) is 0 Å². The van der Waals surface area contributed by atoms with E-state index in [1.807, 2.05) is 13.0 Å². The molecule has 3 heteroatoms. The highest BCUT2D eigenvalue weighted by Crippen LogP contribution is 2.27. The number of hydrogen-bond donors (Lipinski definition) is 0. The van der Waals surface area contributed by atoms with E-state index in [1.165, 1.54) is 0 Å². The number of halogens is 2. The zero-order chi connectivity index (χ0) is 7.72. The molecule has 1 nitrogen and oxygen atoms in total. The highest BCUT2D eigenvalue weighted by atomic mass is 79.9. The molecule has 0 bridgehead atoms. The van der Waals surface area contributed by atoms with Crippen LogP contribution in [0.3, 0.4) is 0 Å². The standard InChI is InChI=1S/C7H8BrClO/c1-4-6(8)2-5(9)3-7(4)10/h2,4,6H,3H2,1H3. The van der Waals surface area contributed by atoms with Gasteiger partial charge in [0.2, 0.25) is 0 Å². The fourth-order valence-electron chi connectivity index (χ4n) is 0.881. The van der Waals surface area contributed by atoms with Gasteiger partial charge in [-0.25, -0.2) is 0 Å². The number of ketones is 1. The lowest BCUT2D eigenvalue weighted by atomic mass is 9.95. The lowest BCUT2D eigenvalue weighted by molar-refractivity contribution is -0.121. The minimum Gasteiger partial charge on any atom is -0.299 e. The Morgan fingerprint density at radius 1 is 1.80 bits per heavy atom. The Morgan fingerprint density at radius 2 is 2.40 bits per heavy atom. The fourth-order valence-corrected chi connectivity index (χ4v) is 1.91. The van der Waals surface area contributed by atoms with Crippen LogP contribution in [0.25, 0.3) is 0 Å². The highest BCUT2D eigenvalue weighted by Gasteiger charge is 2.25. The Balaban J connectivity index is 2.79. The van der Waals surface area contributed by atoms with E-state index >= 15 is 0 Å². The second-order valence-corrected chi connectivity index (χ2v) is 4.03. The molecule has 10 heavy (non-hydrogen) atoms. The van der Waals surface area contributed by atoms with Crippen molar-refractivity contribution in [2.75, 3.05) is 0 Å². The second kappa shape index (κ2) is 3.05. The summed E-state index contributed by atoms with van der Waals surface area (Å²) in [5, 5.41) is 0.657. The lowest BCUT2D eigenvalue weighted by Crippen LogP contribution is -2.23. The maximum atomic E-state index is 11.1. The molecule has 0 heterocycles. The number of carbonyl (C=O) groups excluding carboxylic acids is 1. The molecule has 1 aliphatic carbocycles. The molecule has 0 aliphatic heterocycles. The molecule has 1 aliphatic rings. The van der Waals surface area contributed by atoms with Crippen LogP contribution in [0.15, 0.2) is 11.1 Å². The van der Waals surface area contributed by atoms with E-state index < -0.39 is 0 Å². The van der Waals surface area contributed by atoms with Crippen LogP contribution in [0.4, 0.5) is 0 Å². The first-order chi connectivity index (χ1) is 4.61. The zero-order valence-electron chi connectivity index (χ0n) is 5.60. The minimum atomic E-state index is 0.0718. The number of Topliss-reactive ketones (excluding diaryl/α,β-unsaturated/α-hetero) is 1. The molecule has 0 amide bonds. The van der Waals surface area contributed by atoms with Gasteiger partial charge < -0.3 is 0 Å². The van der Waals surface area contributed by atoms with Crippen LogP contribution in [0.1, 0.15) is 13.3 Å². The molecule has 0 fully saturated rings. The van der Waals surface area contributed by atoms with Crippen LogP contribution in [-0.4, -0.2) is 10.6 Å². The van der Waals surface area contributed by atoms with Crippen molar-refractivity contribution >= 4 is 33.3 Å². The van der Waals surface area contributed by atoms with Gasteiger partial charge in [0, 0.05) is 22.2 Å². The Hall–Kier alpha value is 0.180. The summed E-state index contributed by atoms with van der Waals surface area (Å²) < 4.78 is 0. The van der Waals surface area contributed by atoms with Crippen LogP contribution in [0.5, 0.6) is 0 Å². The lowest BCUT2D eigenvalue weighted by Gasteiger charge is -2.18. The highest BCUT2D eigenvalue weighted by molar-refractivity contribution is 9.09. The van der Waals surface area contributed by atoms with Crippen LogP contribution in [0, 0.1) is 5.92 Å². The number of alkyl halides is 1. The molecule has 1 rings (SSSR count). The number of rotatable bonds is 0. The van der Waals surface area contributed by atoms with E-state index in [-0.39, 0.29) is 16.5 Å². The van der Waals surface area contributed by atoms with E-state index in [0.717, 1.165) is 0 Å². The summed E-state index contributed by atoms with van der Waals surface area (Å²) in [7, 11) is 0. The number of carbonyl (C=O) groups is 1. The summed E-state index contributed by atoms with van der Waals surface area (Å²) in [5.74, 6) is 0.289. The van der Waals surface area contributed by atoms with Gasteiger partial charge in [-0.1, -0.05) is 40.5 Å². The van der Waals surface area contributed by atoms with Crippen LogP contribution < -0.4 is 0 Å². The molecule has 2 unspecified atom stereocenters. The first kappa shape index (κ1) is 8.28. The van der Waals surface area contributed by atoms with Gasteiger partial charge in [-0.3, -0.25) is 4.79 Å². The molecule has 0 saturated carbocycles. The van der Waals surface area contributed by atoms with E-state index in [4.69, 9.17) is 11.6 Å². The van der Waals surface area contributed by atoms with Gasteiger partial charge >= 0.3 is 0 Å². The molecule has 0 aromatic rings. The third-order valence-electron chi connectivity index (χ3n) is 1.67. The van der Waals surface area contributed by atoms with Crippen molar-refractivity contribution in [3.63, 3.8) is 0 Å². The maximum absolute atomic E-state index is 11.1. The largest absolute Gasteiger partial charge is 0.299 e. The summed E-state index contributed by atoms with van der Waals surface area (Å²) in [6, 6.07) is 0. The van der Waals surface area contributed by atoms with Crippen LogP contribution >= 0.6 is 27.5 Å². The van der Waals surface area contributed by atoms with Crippen molar-refractivity contribution in [2.45, 2.75) is 18.2 Å². The first-order valence-corrected chi connectivity index (χ1v) is 4.43.